The van der Waals surface area contributed by atoms with Gasteiger partial charge in [-0.2, -0.15) is 0 Å². The molecular formula is C15H22N2O2. The largest absolute Gasteiger partial charge is 0.370 e. The van der Waals surface area contributed by atoms with Gasteiger partial charge >= 0.3 is 0 Å². The van der Waals surface area contributed by atoms with Gasteiger partial charge in [-0.1, -0.05) is 37.5 Å². The zero-order chi connectivity index (χ0) is 13.9. The normalized spacial score (nSPS) is 10.1. The molecule has 0 saturated heterocycles. The topological polar surface area (TPSA) is 72.2 Å². The number of unbranched alkanes of at least 4 members (excludes halogenated alkanes) is 4. The summed E-state index contributed by atoms with van der Waals surface area (Å²) in [5, 5.41) is 2.86. The molecule has 4 nitrogen and oxygen atoms in total. The van der Waals surface area contributed by atoms with E-state index in [9.17, 15) is 9.59 Å². The third kappa shape index (κ3) is 7.97. The summed E-state index contributed by atoms with van der Waals surface area (Å²) in [5.74, 6) is -0.175. The molecule has 0 heterocycles. The number of anilines is 1. The molecule has 0 aliphatic rings. The Kier molecular flexibility index (Phi) is 7.32. The van der Waals surface area contributed by atoms with Crippen molar-refractivity contribution in [3.63, 3.8) is 0 Å². The number of nitrogens with one attached hydrogen (secondary N) is 1. The van der Waals surface area contributed by atoms with Crippen LogP contribution in [0.15, 0.2) is 30.3 Å². The van der Waals surface area contributed by atoms with E-state index in [2.05, 4.69) is 5.32 Å². The van der Waals surface area contributed by atoms with Gasteiger partial charge in [0.15, 0.2) is 0 Å². The molecule has 0 aromatic heterocycles. The fraction of sp³-hybridized carbons (Fsp3) is 0.467. The van der Waals surface area contributed by atoms with Crippen molar-refractivity contribution in [3.05, 3.63) is 30.3 Å². The molecule has 0 unspecified atom stereocenters. The lowest BCUT2D eigenvalue weighted by Gasteiger charge is -2.04. The lowest BCUT2D eigenvalue weighted by atomic mass is 10.1. The molecular weight excluding hydrogens is 240 g/mol. The number of benzene rings is 1. The van der Waals surface area contributed by atoms with Crippen LogP contribution in [0.5, 0.6) is 0 Å². The van der Waals surface area contributed by atoms with Gasteiger partial charge in [-0.3, -0.25) is 9.59 Å². The van der Waals surface area contributed by atoms with Crippen molar-refractivity contribution in [1.82, 2.24) is 0 Å². The molecule has 19 heavy (non-hydrogen) atoms. The van der Waals surface area contributed by atoms with E-state index in [-0.39, 0.29) is 11.8 Å². The molecule has 0 atom stereocenters. The van der Waals surface area contributed by atoms with Gasteiger partial charge in [0.05, 0.1) is 0 Å². The van der Waals surface area contributed by atoms with E-state index in [1.54, 1.807) is 0 Å². The fourth-order valence-corrected chi connectivity index (χ4v) is 1.86. The maximum absolute atomic E-state index is 11.6. The number of para-hydroxylation sites is 1. The third-order valence-electron chi connectivity index (χ3n) is 2.88. The summed E-state index contributed by atoms with van der Waals surface area (Å²) < 4.78 is 0. The first-order chi connectivity index (χ1) is 9.18. The molecule has 0 spiro atoms. The Morgan fingerprint density at radius 3 is 2.11 bits per heavy atom. The summed E-state index contributed by atoms with van der Waals surface area (Å²) in [5.41, 5.74) is 5.90. The maximum Gasteiger partial charge on any atom is 0.224 e. The number of rotatable bonds is 9. The van der Waals surface area contributed by atoms with Crippen molar-refractivity contribution >= 4 is 17.5 Å². The Labute approximate surface area is 114 Å². The van der Waals surface area contributed by atoms with Crippen LogP contribution < -0.4 is 11.1 Å². The minimum Gasteiger partial charge on any atom is -0.370 e. The van der Waals surface area contributed by atoms with Gasteiger partial charge in [0.1, 0.15) is 0 Å². The Hall–Kier alpha value is -1.84. The van der Waals surface area contributed by atoms with Crippen LogP contribution in [0.3, 0.4) is 0 Å². The predicted molar refractivity (Wildman–Crippen MR) is 76.6 cm³/mol. The SMILES string of the molecule is NC(=O)CCCCCCCC(=O)Nc1ccccc1. The second-order valence-electron chi connectivity index (χ2n) is 4.65. The number of primary amides is 1. The van der Waals surface area contributed by atoms with E-state index < -0.39 is 0 Å². The second-order valence-corrected chi connectivity index (χ2v) is 4.65. The van der Waals surface area contributed by atoms with Crippen molar-refractivity contribution in [3.8, 4) is 0 Å². The lowest BCUT2D eigenvalue weighted by molar-refractivity contribution is -0.118. The van der Waals surface area contributed by atoms with E-state index >= 15 is 0 Å². The highest BCUT2D eigenvalue weighted by molar-refractivity contribution is 5.90. The Bertz CT molecular complexity index is 390. The molecule has 0 bridgehead atoms. The molecule has 1 aromatic rings. The molecule has 4 heteroatoms. The van der Waals surface area contributed by atoms with Gasteiger partial charge in [-0.25, -0.2) is 0 Å². The van der Waals surface area contributed by atoms with Crippen molar-refractivity contribution in [2.24, 2.45) is 5.73 Å². The number of carbonyl (C=O) groups excluding carboxylic acids is 2. The van der Waals surface area contributed by atoms with E-state index in [1.807, 2.05) is 30.3 Å². The molecule has 2 amide bonds. The number of nitrogens with two attached hydrogens (primary N) is 1. The maximum atomic E-state index is 11.6. The smallest absolute Gasteiger partial charge is 0.224 e. The zero-order valence-electron chi connectivity index (χ0n) is 11.2. The third-order valence-corrected chi connectivity index (χ3v) is 2.88. The van der Waals surface area contributed by atoms with Gasteiger partial charge in [0.2, 0.25) is 11.8 Å². The Morgan fingerprint density at radius 2 is 1.47 bits per heavy atom. The van der Waals surface area contributed by atoms with Crippen molar-refractivity contribution in [1.29, 1.82) is 0 Å². The fourth-order valence-electron chi connectivity index (χ4n) is 1.86. The predicted octanol–water partition coefficient (Wildman–Crippen LogP) is 2.84. The number of carbonyl (C=O) groups is 2. The first kappa shape index (κ1) is 15.2. The number of amides is 2. The highest BCUT2D eigenvalue weighted by Gasteiger charge is 2.01. The molecule has 3 N–H and O–H groups in total. The summed E-state index contributed by atoms with van der Waals surface area (Å²) in [7, 11) is 0. The standard InChI is InChI=1S/C15H22N2O2/c16-14(18)11-7-2-1-3-8-12-15(19)17-13-9-5-4-6-10-13/h4-6,9-10H,1-3,7-8,11-12H2,(H2,16,18)(H,17,19). The van der Waals surface area contributed by atoms with E-state index in [1.165, 1.54) is 0 Å². The summed E-state index contributed by atoms with van der Waals surface area (Å²) >= 11 is 0. The Morgan fingerprint density at radius 1 is 0.895 bits per heavy atom. The molecule has 1 rings (SSSR count). The van der Waals surface area contributed by atoms with E-state index in [4.69, 9.17) is 5.73 Å². The van der Waals surface area contributed by atoms with Crippen LogP contribution in [0.25, 0.3) is 0 Å². The van der Waals surface area contributed by atoms with Crippen LogP contribution in [0.4, 0.5) is 5.69 Å². The average molecular weight is 262 g/mol. The lowest BCUT2D eigenvalue weighted by Crippen LogP contribution is -2.11. The van der Waals surface area contributed by atoms with Crippen molar-refractivity contribution in [2.75, 3.05) is 5.32 Å². The van der Waals surface area contributed by atoms with Crippen LogP contribution in [0.2, 0.25) is 0 Å². The molecule has 0 fully saturated rings. The van der Waals surface area contributed by atoms with Gasteiger partial charge in [0.25, 0.3) is 0 Å². The van der Waals surface area contributed by atoms with Crippen LogP contribution >= 0.6 is 0 Å². The van der Waals surface area contributed by atoms with E-state index in [0.717, 1.165) is 37.8 Å². The molecule has 0 aliphatic carbocycles. The summed E-state index contributed by atoms with van der Waals surface area (Å²) in [6, 6.07) is 9.47. The summed E-state index contributed by atoms with van der Waals surface area (Å²) in [6.07, 6.45) is 5.82. The van der Waals surface area contributed by atoms with Crippen LogP contribution in [-0.2, 0) is 9.59 Å². The van der Waals surface area contributed by atoms with Gasteiger partial charge < -0.3 is 11.1 Å². The van der Waals surface area contributed by atoms with E-state index in [0.29, 0.717) is 12.8 Å². The monoisotopic (exact) mass is 262 g/mol. The molecule has 104 valence electrons. The minimum atomic E-state index is -0.234. The minimum absolute atomic E-state index is 0.0586. The first-order valence-corrected chi connectivity index (χ1v) is 6.81. The highest BCUT2D eigenvalue weighted by Crippen LogP contribution is 2.09. The average Bonchev–Trinajstić information content (AvgIpc) is 2.38. The van der Waals surface area contributed by atoms with Crippen LogP contribution in [0, 0.1) is 0 Å². The molecule has 0 saturated carbocycles. The van der Waals surface area contributed by atoms with Gasteiger partial charge in [-0.05, 0) is 25.0 Å². The van der Waals surface area contributed by atoms with Crippen LogP contribution in [0.1, 0.15) is 44.9 Å². The molecule has 0 aliphatic heterocycles. The Balaban J connectivity index is 2.00. The first-order valence-electron chi connectivity index (χ1n) is 6.81. The van der Waals surface area contributed by atoms with Crippen molar-refractivity contribution in [2.45, 2.75) is 44.9 Å². The second kappa shape index (κ2) is 9.14. The zero-order valence-corrected chi connectivity index (χ0v) is 11.2. The van der Waals surface area contributed by atoms with Gasteiger partial charge in [0, 0.05) is 18.5 Å². The summed E-state index contributed by atoms with van der Waals surface area (Å²) in [4.78, 5) is 22.1. The molecule has 0 radical (unpaired) electrons. The summed E-state index contributed by atoms with van der Waals surface area (Å²) in [6.45, 7) is 0. The molecule has 1 aromatic carbocycles. The highest BCUT2D eigenvalue weighted by atomic mass is 16.1. The quantitative estimate of drug-likeness (QED) is 0.672. The number of hydrogen-bond acceptors (Lipinski definition) is 2. The number of hydrogen-bond donors (Lipinski definition) is 2. The van der Waals surface area contributed by atoms with Crippen LogP contribution in [-0.4, -0.2) is 11.8 Å². The van der Waals surface area contributed by atoms with Crippen molar-refractivity contribution < 1.29 is 9.59 Å². The van der Waals surface area contributed by atoms with Gasteiger partial charge in [-0.15, -0.1) is 0 Å².